The number of hydrogen-bond acceptors (Lipinski definition) is 2. The van der Waals surface area contributed by atoms with Crippen LogP contribution in [0.2, 0.25) is 0 Å². The normalized spacial score (nSPS) is 37.9. The van der Waals surface area contributed by atoms with Crippen molar-refractivity contribution in [2.75, 3.05) is 13.1 Å². The Balaban J connectivity index is 1.82. The first-order chi connectivity index (χ1) is 8.16. The quantitative estimate of drug-likeness (QED) is 0.813. The van der Waals surface area contributed by atoms with Crippen molar-refractivity contribution in [3.05, 3.63) is 0 Å². The SMILES string of the molecule is CC1CCC(C)N(C(C)CC2CCCCN2)C1. The number of nitrogens with one attached hydrogen (secondary N) is 1. The van der Waals surface area contributed by atoms with Gasteiger partial charge in [-0.1, -0.05) is 13.3 Å². The minimum absolute atomic E-state index is 0.753. The lowest BCUT2D eigenvalue weighted by molar-refractivity contribution is 0.0735. The zero-order chi connectivity index (χ0) is 12.3. The molecule has 0 aromatic carbocycles. The van der Waals surface area contributed by atoms with Crippen molar-refractivity contribution < 1.29 is 0 Å². The number of rotatable bonds is 3. The van der Waals surface area contributed by atoms with Crippen LogP contribution < -0.4 is 5.32 Å². The Hall–Kier alpha value is -0.0800. The van der Waals surface area contributed by atoms with E-state index < -0.39 is 0 Å². The molecule has 4 atom stereocenters. The van der Waals surface area contributed by atoms with E-state index in [2.05, 4.69) is 31.0 Å². The minimum atomic E-state index is 0.753. The molecule has 0 aromatic rings. The molecule has 0 radical (unpaired) electrons. The molecule has 2 aliphatic rings. The summed E-state index contributed by atoms with van der Waals surface area (Å²) >= 11 is 0. The third-order valence-electron chi connectivity index (χ3n) is 4.77. The molecular weight excluding hydrogens is 208 g/mol. The molecule has 0 spiro atoms. The van der Waals surface area contributed by atoms with Crippen LogP contribution in [0, 0.1) is 5.92 Å². The van der Waals surface area contributed by atoms with E-state index in [0.29, 0.717) is 0 Å². The summed E-state index contributed by atoms with van der Waals surface area (Å²) in [7, 11) is 0. The molecule has 2 heterocycles. The molecule has 1 N–H and O–H groups in total. The first-order valence-electron chi connectivity index (χ1n) is 7.66. The van der Waals surface area contributed by atoms with Crippen molar-refractivity contribution in [3.8, 4) is 0 Å². The average Bonchev–Trinajstić information content (AvgIpc) is 2.33. The average molecular weight is 238 g/mol. The topological polar surface area (TPSA) is 15.3 Å². The summed E-state index contributed by atoms with van der Waals surface area (Å²) in [6, 6.07) is 2.33. The predicted octanol–water partition coefficient (Wildman–Crippen LogP) is 3.03. The smallest absolute Gasteiger partial charge is 0.00846 e. The van der Waals surface area contributed by atoms with Crippen LogP contribution in [0.25, 0.3) is 0 Å². The van der Waals surface area contributed by atoms with Crippen LogP contribution in [0.5, 0.6) is 0 Å². The van der Waals surface area contributed by atoms with E-state index >= 15 is 0 Å². The molecule has 2 rings (SSSR count). The molecule has 0 bridgehead atoms. The lowest BCUT2D eigenvalue weighted by Gasteiger charge is -2.42. The maximum atomic E-state index is 3.69. The molecule has 0 amide bonds. The zero-order valence-electron chi connectivity index (χ0n) is 11.9. The van der Waals surface area contributed by atoms with E-state index in [1.54, 1.807) is 0 Å². The lowest BCUT2D eigenvalue weighted by atomic mass is 9.91. The minimum Gasteiger partial charge on any atom is -0.314 e. The Morgan fingerprint density at radius 2 is 2.00 bits per heavy atom. The fourth-order valence-corrected chi connectivity index (χ4v) is 3.61. The molecule has 2 fully saturated rings. The molecule has 0 aliphatic carbocycles. The summed E-state index contributed by atoms with van der Waals surface area (Å²) in [5.41, 5.74) is 0. The predicted molar refractivity (Wildman–Crippen MR) is 74.3 cm³/mol. The Morgan fingerprint density at radius 3 is 2.71 bits per heavy atom. The van der Waals surface area contributed by atoms with E-state index in [4.69, 9.17) is 0 Å². The number of likely N-dealkylation sites (tertiary alicyclic amines) is 1. The van der Waals surface area contributed by atoms with Crippen molar-refractivity contribution >= 4 is 0 Å². The van der Waals surface area contributed by atoms with Crippen molar-refractivity contribution in [2.45, 2.75) is 77.4 Å². The molecule has 2 saturated heterocycles. The van der Waals surface area contributed by atoms with E-state index in [0.717, 1.165) is 24.0 Å². The summed E-state index contributed by atoms with van der Waals surface area (Å²) < 4.78 is 0. The van der Waals surface area contributed by atoms with Crippen molar-refractivity contribution in [1.29, 1.82) is 0 Å². The number of piperidine rings is 2. The molecule has 2 nitrogen and oxygen atoms in total. The van der Waals surface area contributed by atoms with Gasteiger partial charge in [-0.3, -0.25) is 4.90 Å². The number of hydrogen-bond donors (Lipinski definition) is 1. The van der Waals surface area contributed by atoms with Gasteiger partial charge in [-0.25, -0.2) is 0 Å². The fraction of sp³-hybridized carbons (Fsp3) is 1.00. The Kier molecular flexibility index (Phi) is 4.87. The second kappa shape index (κ2) is 6.19. The van der Waals surface area contributed by atoms with Crippen LogP contribution >= 0.6 is 0 Å². The van der Waals surface area contributed by atoms with E-state index in [9.17, 15) is 0 Å². The summed E-state index contributed by atoms with van der Waals surface area (Å²) in [5, 5.41) is 3.69. The standard InChI is InChI=1S/C15H30N2/c1-12-7-8-13(2)17(11-12)14(3)10-15-6-4-5-9-16-15/h12-16H,4-11H2,1-3H3. The zero-order valence-corrected chi connectivity index (χ0v) is 11.9. The van der Waals surface area contributed by atoms with Crippen LogP contribution in [-0.2, 0) is 0 Å². The maximum Gasteiger partial charge on any atom is 0.00846 e. The maximum absolute atomic E-state index is 3.69. The van der Waals surface area contributed by atoms with Gasteiger partial charge < -0.3 is 5.32 Å². The Morgan fingerprint density at radius 1 is 1.18 bits per heavy atom. The largest absolute Gasteiger partial charge is 0.314 e. The second-order valence-electron chi connectivity index (χ2n) is 6.46. The third kappa shape index (κ3) is 3.69. The van der Waals surface area contributed by atoms with Gasteiger partial charge in [-0.05, 0) is 58.4 Å². The van der Waals surface area contributed by atoms with Crippen LogP contribution in [0.4, 0.5) is 0 Å². The first kappa shape index (κ1) is 13.4. The van der Waals surface area contributed by atoms with Crippen molar-refractivity contribution in [2.24, 2.45) is 5.92 Å². The van der Waals surface area contributed by atoms with Gasteiger partial charge in [0.1, 0.15) is 0 Å². The first-order valence-corrected chi connectivity index (χ1v) is 7.66. The fourth-order valence-electron chi connectivity index (χ4n) is 3.61. The van der Waals surface area contributed by atoms with Gasteiger partial charge in [0.25, 0.3) is 0 Å². The van der Waals surface area contributed by atoms with E-state index in [1.165, 1.54) is 51.6 Å². The van der Waals surface area contributed by atoms with Crippen LogP contribution in [0.3, 0.4) is 0 Å². The highest BCUT2D eigenvalue weighted by atomic mass is 15.2. The van der Waals surface area contributed by atoms with Crippen LogP contribution in [0.1, 0.15) is 59.3 Å². The summed E-state index contributed by atoms with van der Waals surface area (Å²) in [6.45, 7) is 9.81. The van der Waals surface area contributed by atoms with Crippen LogP contribution in [0.15, 0.2) is 0 Å². The molecular formula is C15H30N2. The van der Waals surface area contributed by atoms with Gasteiger partial charge in [0.2, 0.25) is 0 Å². The van der Waals surface area contributed by atoms with Crippen LogP contribution in [-0.4, -0.2) is 36.1 Å². The van der Waals surface area contributed by atoms with Gasteiger partial charge in [-0.2, -0.15) is 0 Å². The molecule has 17 heavy (non-hydrogen) atoms. The molecule has 4 unspecified atom stereocenters. The van der Waals surface area contributed by atoms with Gasteiger partial charge in [0.15, 0.2) is 0 Å². The second-order valence-corrected chi connectivity index (χ2v) is 6.46. The van der Waals surface area contributed by atoms with E-state index in [-0.39, 0.29) is 0 Å². The van der Waals surface area contributed by atoms with E-state index in [1.807, 2.05) is 0 Å². The van der Waals surface area contributed by atoms with Gasteiger partial charge in [0, 0.05) is 24.7 Å². The van der Waals surface area contributed by atoms with Gasteiger partial charge in [-0.15, -0.1) is 0 Å². The van der Waals surface area contributed by atoms with Crippen molar-refractivity contribution in [1.82, 2.24) is 10.2 Å². The number of nitrogens with zero attached hydrogens (tertiary/aromatic N) is 1. The molecule has 0 aromatic heterocycles. The molecule has 2 aliphatic heterocycles. The molecule has 2 heteroatoms. The van der Waals surface area contributed by atoms with Gasteiger partial charge >= 0.3 is 0 Å². The van der Waals surface area contributed by atoms with Crippen molar-refractivity contribution in [3.63, 3.8) is 0 Å². The Labute approximate surface area is 107 Å². The molecule has 0 saturated carbocycles. The van der Waals surface area contributed by atoms with Gasteiger partial charge in [0.05, 0.1) is 0 Å². The molecule has 100 valence electrons. The summed E-state index contributed by atoms with van der Waals surface area (Å²) in [4.78, 5) is 2.75. The highest BCUT2D eigenvalue weighted by molar-refractivity contribution is 4.84. The Bertz CT molecular complexity index is 223. The highest BCUT2D eigenvalue weighted by Gasteiger charge is 2.28. The third-order valence-corrected chi connectivity index (χ3v) is 4.77. The summed E-state index contributed by atoms with van der Waals surface area (Å²) in [6.07, 6.45) is 8.35. The highest BCUT2D eigenvalue weighted by Crippen LogP contribution is 2.25. The monoisotopic (exact) mass is 238 g/mol. The summed E-state index contributed by atoms with van der Waals surface area (Å²) in [5.74, 6) is 0.896. The lowest BCUT2D eigenvalue weighted by Crippen LogP contribution is -2.49.